The molecule has 0 aromatic heterocycles. The second-order valence-corrected chi connectivity index (χ2v) is 5.52. The minimum Gasteiger partial charge on any atom is -0.491 e. The number of para-hydroxylation sites is 2. The Hall–Kier alpha value is -1.55. The third kappa shape index (κ3) is 6.94. The molecule has 22 heavy (non-hydrogen) atoms. The molecule has 1 aromatic carbocycles. The van der Waals surface area contributed by atoms with Gasteiger partial charge in [0.15, 0.2) is 0 Å². The second kappa shape index (κ2) is 11.1. The summed E-state index contributed by atoms with van der Waals surface area (Å²) in [4.78, 5) is 14.4. The quantitative estimate of drug-likeness (QED) is 0.630. The summed E-state index contributed by atoms with van der Waals surface area (Å²) in [5.41, 5.74) is 0.761. The van der Waals surface area contributed by atoms with Crippen LogP contribution in [0.3, 0.4) is 0 Å². The highest BCUT2D eigenvalue weighted by Crippen LogP contribution is 2.23. The fourth-order valence-electron chi connectivity index (χ4n) is 2.32. The Labute approximate surface area is 134 Å². The zero-order chi connectivity index (χ0) is 16.2. The number of nitrogens with zero attached hydrogens (tertiary/aromatic N) is 1. The van der Waals surface area contributed by atoms with Gasteiger partial charge in [-0.05, 0) is 44.5 Å². The molecule has 0 unspecified atom stereocenters. The molecule has 0 saturated carbocycles. The lowest BCUT2D eigenvalue weighted by atomic mass is 10.2. The number of hydrogen-bond donors (Lipinski definition) is 1. The van der Waals surface area contributed by atoms with E-state index in [1.165, 1.54) is 0 Å². The van der Waals surface area contributed by atoms with Crippen LogP contribution in [0.1, 0.15) is 46.5 Å². The zero-order valence-electron chi connectivity index (χ0n) is 14.2. The number of carbonyl (C=O) groups excluding carboxylic acids is 1. The smallest absolute Gasteiger partial charge is 0.238 e. The van der Waals surface area contributed by atoms with Crippen molar-refractivity contribution < 1.29 is 9.53 Å². The molecule has 0 fully saturated rings. The van der Waals surface area contributed by atoms with Crippen LogP contribution in [0.2, 0.25) is 0 Å². The molecular weight excluding hydrogens is 276 g/mol. The van der Waals surface area contributed by atoms with Crippen molar-refractivity contribution in [3.05, 3.63) is 24.3 Å². The van der Waals surface area contributed by atoms with Crippen LogP contribution in [0.25, 0.3) is 0 Å². The van der Waals surface area contributed by atoms with Gasteiger partial charge in [-0.2, -0.15) is 0 Å². The van der Waals surface area contributed by atoms with E-state index in [4.69, 9.17) is 4.74 Å². The maximum absolute atomic E-state index is 12.2. The van der Waals surface area contributed by atoms with Gasteiger partial charge < -0.3 is 10.1 Å². The predicted octanol–water partition coefficient (Wildman–Crippen LogP) is 3.93. The Morgan fingerprint density at radius 2 is 1.77 bits per heavy atom. The number of ether oxygens (including phenoxy) is 1. The van der Waals surface area contributed by atoms with Gasteiger partial charge in [0.1, 0.15) is 5.75 Å². The number of rotatable bonds is 11. The van der Waals surface area contributed by atoms with Crippen molar-refractivity contribution in [2.75, 3.05) is 31.6 Å². The molecule has 0 aliphatic heterocycles. The average Bonchev–Trinajstić information content (AvgIpc) is 2.49. The van der Waals surface area contributed by atoms with Crippen molar-refractivity contribution in [3.63, 3.8) is 0 Å². The van der Waals surface area contributed by atoms with E-state index >= 15 is 0 Å². The van der Waals surface area contributed by atoms with E-state index in [0.717, 1.165) is 50.2 Å². The first-order valence-corrected chi connectivity index (χ1v) is 8.45. The monoisotopic (exact) mass is 306 g/mol. The summed E-state index contributed by atoms with van der Waals surface area (Å²) < 4.78 is 5.75. The van der Waals surface area contributed by atoms with Crippen molar-refractivity contribution in [2.24, 2.45) is 0 Å². The summed E-state index contributed by atoms with van der Waals surface area (Å²) in [6.07, 6.45) is 4.23. The normalized spacial score (nSPS) is 10.7. The van der Waals surface area contributed by atoms with Gasteiger partial charge in [0.25, 0.3) is 0 Å². The number of amides is 1. The third-order valence-corrected chi connectivity index (χ3v) is 3.36. The van der Waals surface area contributed by atoms with Crippen LogP contribution in [0.15, 0.2) is 24.3 Å². The molecule has 124 valence electrons. The summed E-state index contributed by atoms with van der Waals surface area (Å²) in [6.45, 7) is 9.43. The van der Waals surface area contributed by atoms with Crippen LogP contribution in [-0.2, 0) is 4.79 Å². The topological polar surface area (TPSA) is 41.6 Å². The standard InChI is InChI=1S/C18H30N2O2/c1-4-7-14-22-17-11-9-8-10-16(17)19-18(21)15-20(12-5-2)13-6-3/h8-11H,4-7,12-15H2,1-3H3,(H,19,21). The molecule has 1 N–H and O–H groups in total. The Kier molecular flexibility index (Phi) is 9.31. The van der Waals surface area contributed by atoms with Crippen molar-refractivity contribution >= 4 is 11.6 Å². The molecule has 4 nitrogen and oxygen atoms in total. The molecule has 0 spiro atoms. The van der Waals surface area contributed by atoms with E-state index in [1.54, 1.807) is 0 Å². The molecule has 1 amide bonds. The number of carbonyl (C=O) groups is 1. The van der Waals surface area contributed by atoms with Gasteiger partial charge in [0.2, 0.25) is 5.91 Å². The Balaban J connectivity index is 2.59. The second-order valence-electron chi connectivity index (χ2n) is 5.52. The Morgan fingerprint density at radius 1 is 1.09 bits per heavy atom. The van der Waals surface area contributed by atoms with Gasteiger partial charge in [0.05, 0.1) is 18.8 Å². The SMILES string of the molecule is CCCCOc1ccccc1NC(=O)CN(CCC)CCC. The summed E-state index contributed by atoms with van der Waals surface area (Å²) in [7, 11) is 0. The summed E-state index contributed by atoms with van der Waals surface area (Å²) in [5, 5.41) is 2.98. The minimum atomic E-state index is 0.0217. The van der Waals surface area contributed by atoms with E-state index in [2.05, 4.69) is 31.0 Å². The molecule has 0 heterocycles. The Morgan fingerprint density at radius 3 is 2.41 bits per heavy atom. The van der Waals surface area contributed by atoms with Crippen LogP contribution in [-0.4, -0.2) is 37.0 Å². The first kappa shape index (κ1) is 18.5. The van der Waals surface area contributed by atoms with E-state index in [-0.39, 0.29) is 5.91 Å². The van der Waals surface area contributed by atoms with E-state index in [1.807, 2.05) is 24.3 Å². The van der Waals surface area contributed by atoms with Gasteiger partial charge in [-0.1, -0.05) is 39.3 Å². The maximum atomic E-state index is 12.2. The molecule has 4 heteroatoms. The fourth-order valence-corrected chi connectivity index (χ4v) is 2.32. The van der Waals surface area contributed by atoms with E-state index in [0.29, 0.717) is 13.2 Å². The lowest BCUT2D eigenvalue weighted by Crippen LogP contribution is -2.34. The lowest BCUT2D eigenvalue weighted by molar-refractivity contribution is -0.117. The molecule has 0 aliphatic rings. The summed E-state index contributed by atoms with van der Waals surface area (Å²) in [5.74, 6) is 0.773. The summed E-state index contributed by atoms with van der Waals surface area (Å²) in [6, 6.07) is 7.64. The molecule has 0 atom stereocenters. The highest BCUT2D eigenvalue weighted by atomic mass is 16.5. The van der Waals surface area contributed by atoms with Crippen LogP contribution < -0.4 is 10.1 Å². The molecule has 1 rings (SSSR count). The van der Waals surface area contributed by atoms with Crippen molar-refractivity contribution in [3.8, 4) is 5.75 Å². The highest BCUT2D eigenvalue weighted by molar-refractivity contribution is 5.93. The van der Waals surface area contributed by atoms with E-state index < -0.39 is 0 Å². The Bertz CT molecular complexity index is 429. The van der Waals surface area contributed by atoms with Gasteiger partial charge in [-0.25, -0.2) is 0 Å². The fraction of sp³-hybridized carbons (Fsp3) is 0.611. The van der Waals surface area contributed by atoms with Gasteiger partial charge in [0, 0.05) is 0 Å². The lowest BCUT2D eigenvalue weighted by Gasteiger charge is -2.20. The molecule has 0 aliphatic carbocycles. The largest absolute Gasteiger partial charge is 0.491 e. The number of anilines is 1. The molecule has 0 bridgehead atoms. The number of benzene rings is 1. The molecule has 1 aromatic rings. The minimum absolute atomic E-state index is 0.0217. The molecular formula is C18H30N2O2. The van der Waals surface area contributed by atoms with Crippen molar-refractivity contribution in [1.29, 1.82) is 0 Å². The number of unbranched alkanes of at least 4 members (excludes halogenated alkanes) is 1. The molecule has 0 saturated heterocycles. The average molecular weight is 306 g/mol. The van der Waals surface area contributed by atoms with Crippen molar-refractivity contribution in [1.82, 2.24) is 4.90 Å². The number of nitrogens with one attached hydrogen (secondary N) is 1. The molecule has 0 radical (unpaired) electrons. The maximum Gasteiger partial charge on any atom is 0.238 e. The van der Waals surface area contributed by atoms with Crippen LogP contribution >= 0.6 is 0 Å². The van der Waals surface area contributed by atoms with Crippen LogP contribution in [0.4, 0.5) is 5.69 Å². The van der Waals surface area contributed by atoms with Gasteiger partial charge in [-0.3, -0.25) is 9.69 Å². The van der Waals surface area contributed by atoms with Crippen LogP contribution in [0.5, 0.6) is 5.75 Å². The zero-order valence-corrected chi connectivity index (χ0v) is 14.2. The first-order valence-electron chi connectivity index (χ1n) is 8.45. The van der Waals surface area contributed by atoms with Gasteiger partial charge >= 0.3 is 0 Å². The van der Waals surface area contributed by atoms with Crippen LogP contribution in [0, 0.1) is 0 Å². The number of hydrogen-bond acceptors (Lipinski definition) is 3. The van der Waals surface area contributed by atoms with Crippen molar-refractivity contribution in [2.45, 2.75) is 46.5 Å². The van der Waals surface area contributed by atoms with Gasteiger partial charge in [-0.15, -0.1) is 0 Å². The summed E-state index contributed by atoms with van der Waals surface area (Å²) >= 11 is 0. The highest BCUT2D eigenvalue weighted by Gasteiger charge is 2.11. The predicted molar refractivity (Wildman–Crippen MR) is 92.5 cm³/mol. The first-order chi connectivity index (χ1) is 10.7. The third-order valence-electron chi connectivity index (χ3n) is 3.36. The van der Waals surface area contributed by atoms with E-state index in [9.17, 15) is 4.79 Å².